The van der Waals surface area contributed by atoms with E-state index in [9.17, 15) is 18.4 Å². The molecule has 0 unspecified atom stereocenters. The van der Waals surface area contributed by atoms with Crippen LogP contribution in [0.5, 0.6) is 0 Å². The van der Waals surface area contributed by atoms with Crippen molar-refractivity contribution in [2.45, 2.75) is 13.1 Å². The maximum atomic E-state index is 12.8. The van der Waals surface area contributed by atoms with Gasteiger partial charge in [-0.3, -0.25) is 0 Å². The average Bonchev–Trinajstić information content (AvgIpc) is 2.53. The summed E-state index contributed by atoms with van der Waals surface area (Å²) < 4.78 is 38.4. The van der Waals surface area contributed by atoms with Gasteiger partial charge >= 0.3 is 6.18 Å². The number of aryl methyl sites for hydroxylation is 1. The van der Waals surface area contributed by atoms with Crippen molar-refractivity contribution in [1.82, 2.24) is 4.98 Å². The number of fused-ring (bicyclic) bond motifs is 1. The molecule has 0 fully saturated rings. The molecule has 1 aromatic heterocycles. The van der Waals surface area contributed by atoms with Crippen molar-refractivity contribution in [3.8, 4) is 6.07 Å². The number of nitriles is 1. The quantitative estimate of drug-likeness (QED) is 0.706. The Morgan fingerprint density at radius 2 is 1.88 bits per heavy atom. The Morgan fingerprint density at radius 1 is 1.08 bits per heavy atom. The van der Waals surface area contributed by atoms with E-state index in [0.717, 1.165) is 23.1 Å². The molecule has 1 heterocycles. The average molecular weight is 327 g/mol. The molecular formula is C18H12F3N3. The van der Waals surface area contributed by atoms with Gasteiger partial charge in [0.1, 0.15) is 11.9 Å². The van der Waals surface area contributed by atoms with Gasteiger partial charge in [0, 0.05) is 11.1 Å². The zero-order valence-corrected chi connectivity index (χ0v) is 12.6. The zero-order chi connectivity index (χ0) is 17.3. The summed E-state index contributed by atoms with van der Waals surface area (Å²) in [6.07, 6.45) is -4.43. The second kappa shape index (κ2) is 5.85. The summed E-state index contributed by atoms with van der Waals surface area (Å²) in [7, 11) is 0. The van der Waals surface area contributed by atoms with E-state index < -0.39 is 11.7 Å². The van der Waals surface area contributed by atoms with E-state index in [0.29, 0.717) is 5.52 Å². The standard InChI is InChI=1S/C18H12F3N3/c1-11-5-6-12-8-13(10-22)17(24-16(12)7-11)23-15-4-2-3-14(9-15)18(19,20)21/h2-9H,1H3,(H,23,24). The Balaban J connectivity index is 2.05. The molecule has 3 aromatic rings. The number of halogens is 3. The van der Waals surface area contributed by atoms with Crippen molar-refractivity contribution in [2.24, 2.45) is 0 Å². The fraction of sp³-hybridized carbons (Fsp3) is 0.111. The first-order valence-corrected chi connectivity index (χ1v) is 7.12. The van der Waals surface area contributed by atoms with Crippen LogP contribution >= 0.6 is 0 Å². The minimum Gasteiger partial charge on any atom is -0.339 e. The summed E-state index contributed by atoms with van der Waals surface area (Å²) in [6.45, 7) is 1.92. The van der Waals surface area contributed by atoms with Crippen LogP contribution in [0.2, 0.25) is 0 Å². The molecule has 24 heavy (non-hydrogen) atoms. The van der Waals surface area contributed by atoms with Gasteiger partial charge in [0.2, 0.25) is 0 Å². The van der Waals surface area contributed by atoms with Crippen LogP contribution in [0, 0.1) is 18.3 Å². The number of rotatable bonds is 2. The number of benzene rings is 2. The number of anilines is 2. The molecule has 0 atom stereocenters. The number of hydrogen-bond donors (Lipinski definition) is 1. The Hall–Kier alpha value is -3.07. The van der Waals surface area contributed by atoms with Crippen LogP contribution in [0.1, 0.15) is 16.7 Å². The molecule has 0 aliphatic heterocycles. The third-order valence-corrected chi connectivity index (χ3v) is 3.55. The van der Waals surface area contributed by atoms with Crippen molar-refractivity contribution < 1.29 is 13.2 Å². The number of alkyl halides is 3. The summed E-state index contributed by atoms with van der Waals surface area (Å²) in [5.74, 6) is 0.231. The molecule has 0 aliphatic rings. The van der Waals surface area contributed by atoms with E-state index in [2.05, 4.69) is 10.3 Å². The number of nitrogens with zero attached hydrogens (tertiary/aromatic N) is 2. The Bertz CT molecular complexity index is 956. The first-order valence-electron chi connectivity index (χ1n) is 7.12. The van der Waals surface area contributed by atoms with Crippen LogP contribution in [-0.2, 0) is 6.18 Å². The Kier molecular flexibility index (Phi) is 3.86. The highest BCUT2D eigenvalue weighted by atomic mass is 19.4. The third kappa shape index (κ3) is 3.15. The van der Waals surface area contributed by atoms with Crippen LogP contribution in [-0.4, -0.2) is 4.98 Å². The van der Waals surface area contributed by atoms with E-state index in [1.54, 1.807) is 6.07 Å². The lowest BCUT2D eigenvalue weighted by atomic mass is 10.1. The summed E-state index contributed by atoms with van der Waals surface area (Å²) in [5.41, 5.74) is 1.40. The molecule has 3 rings (SSSR count). The van der Waals surface area contributed by atoms with E-state index in [-0.39, 0.29) is 17.1 Å². The summed E-state index contributed by atoms with van der Waals surface area (Å²) in [4.78, 5) is 4.38. The van der Waals surface area contributed by atoms with E-state index in [4.69, 9.17) is 0 Å². The third-order valence-electron chi connectivity index (χ3n) is 3.55. The SMILES string of the molecule is Cc1ccc2cc(C#N)c(Nc3cccc(C(F)(F)F)c3)nc2c1. The largest absolute Gasteiger partial charge is 0.416 e. The maximum Gasteiger partial charge on any atom is 0.416 e. The normalized spacial score (nSPS) is 11.3. The molecule has 3 nitrogen and oxygen atoms in total. The summed E-state index contributed by atoms with van der Waals surface area (Å²) in [6, 6.07) is 14.1. The minimum absolute atomic E-state index is 0.223. The van der Waals surface area contributed by atoms with E-state index >= 15 is 0 Å². The van der Waals surface area contributed by atoms with Crippen molar-refractivity contribution in [3.63, 3.8) is 0 Å². The predicted octanol–water partition coefficient (Wildman–Crippen LogP) is 5.18. The summed E-state index contributed by atoms with van der Waals surface area (Å²) in [5, 5.41) is 12.9. The first-order chi connectivity index (χ1) is 11.4. The monoisotopic (exact) mass is 327 g/mol. The van der Waals surface area contributed by atoms with Crippen molar-refractivity contribution in [3.05, 3.63) is 65.2 Å². The molecule has 6 heteroatoms. The van der Waals surface area contributed by atoms with Gasteiger partial charge in [-0.1, -0.05) is 18.2 Å². The molecule has 0 amide bonds. The molecule has 1 N–H and O–H groups in total. The molecule has 0 radical (unpaired) electrons. The minimum atomic E-state index is -4.43. The Labute approximate surface area is 136 Å². The molecule has 0 spiro atoms. The molecule has 0 saturated heterocycles. The number of aromatic nitrogens is 1. The number of hydrogen-bond acceptors (Lipinski definition) is 3. The van der Waals surface area contributed by atoms with Gasteiger partial charge in [-0.05, 0) is 42.8 Å². The lowest BCUT2D eigenvalue weighted by Gasteiger charge is -2.12. The van der Waals surface area contributed by atoms with Crippen molar-refractivity contribution in [2.75, 3.05) is 5.32 Å². The first kappa shape index (κ1) is 15.8. The second-order valence-corrected chi connectivity index (χ2v) is 5.40. The second-order valence-electron chi connectivity index (χ2n) is 5.40. The molecule has 0 saturated carbocycles. The Morgan fingerprint density at radius 3 is 2.58 bits per heavy atom. The van der Waals surface area contributed by atoms with Gasteiger partial charge in [-0.15, -0.1) is 0 Å². The van der Waals surface area contributed by atoms with E-state index in [1.807, 2.05) is 31.2 Å². The van der Waals surface area contributed by atoms with Gasteiger partial charge in [-0.2, -0.15) is 18.4 Å². The molecule has 0 bridgehead atoms. The fourth-order valence-electron chi connectivity index (χ4n) is 2.37. The maximum absolute atomic E-state index is 12.8. The number of nitrogens with one attached hydrogen (secondary N) is 1. The number of pyridine rings is 1. The lowest BCUT2D eigenvalue weighted by Crippen LogP contribution is -2.05. The summed E-state index contributed by atoms with van der Waals surface area (Å²) >= 11 is 0. The van der Waals surface area contributed by atoms with Gasteiger partial charge in [0.05, 0.1) is 16.6 Å². The lowest BCUT2D eigenvalue weighted by molar-refractivity contribution is -0.137. The predicted molar refractivity (Wildman–Crippen MR) is 85.9 cm³/mol. The smallest absolute Gasteiger partial charge is 0.339 e. The van der Waals surface area contributed by atoms with Crippen LogP contribution in [0.4, 0.5) is 24.7 Å². The fourth-order valence-corrected chi connectivity index (χ4v) is 2.37. The molecule has 0 aliphatic carbocycles. The van der Waals surface area contributed by atoms with Crippen LogP contribution in [0.25, 0.3) is 10.9 Å². The van der Waals surface area contributed by atoms with Crippen LogP contribution < -0.4 is 5.32 Å². The van der Waals surface area contributed by atoms with Crippen molar-refractivity contribution in [1.29, 1.82) is 5.26 Å². The van der Waals surface area contributed by atoms with E-state index in [1.165, 1.54) is 12.1 Å². The highest BCUT2D eigenvalue weighted by molar-refractivity contribution is 5.84. The highest BCUT2D eigenvalue weighted by Gasteiger charge is 2.30. The molecule has 2 aromatic carbocycles. The van der Waals surface area contributed by atoms with Crippen LogP contribution in [0.3, 0.4) is 0 Å². The molecular weight excluding hydrogens is 315 g/mol. The van der Waals surface area contributed by atoms with Gasteiger partial charge in [0.15, 0.2) is 0 Å². The topological polar surface area (TPSA) is 48.7 Å². The van der Waals surface area contributed by atoms with Gasteiger partial charge in [-0.25, -0.2) is 4.98 Å². The van der Waals surface area contributed by atoms with Crippen LogP contribution in [0.15, 0.2) is 48.5 Å². The van der Waals surface area contributed by atoms with Crippen molar-refractivity contribution >= 4 is 22.4 Å². The highest BCUT2D eigenvalue weighted by Crippen LogP contribution is 2.32. The molecule has 120 valence electrons. The van der Waals surface area contributed by atoms with Gasteiger partial charge < -0.3 is 5.32 Å². The zero-order valence-electron chi connectivity index (χ0n) is 12.6. The van der Waals surface area contributed by atoms with Gasteiger partial charge in [0.25, 0.3) is 0 Å².